The molecule has 1 aromatic rings. The van der Waals surface area contributed by atoms with Crippen molar-refractivity contribution in [3.8, 4) is 0 Å². The fourth-order valence-electron chi connectivity index (χ4n) is 2.09. The molecule has 2 N–H and O–H groups in total. The molecule has 0 atom stereocenters. The number of carbonyl (C=O) groups excluding carboxylic acids is 1. The number of nitrogen functional groups attached to an aromatic ring is 1. The average Bonchev–Trinajstić information content (AvgIpc) is 3.17. The maximum atomic E-state index is 12.8. The lowest BCUT2D eigenvalue weighted by molar-refractivity contribution is 0.0600. The van der Waals surface area contributed by atoms with Gasteiger partial charge in [-0.05, 0) is 54.9 Å². The highest BCUT2D eigenvalue weighted by Crippen LogP contribution is 2.49. The minimum absolute atomic E-state index is 0.117. The van der Waals surface area contributed by atoms with Gasteiger partial charge in [0.25, 0.3) is 0 Å². The van der Waals surface area contributed by atoms with Gasteiger partial charge in [0, 0.05) is 5.69 Å². The lowest BCUT2D eigenvalue weighted by Crippen LogP contribution is -2.08. The molecular weight excluding hydrogens is 233 g/mol. The summed E-state index contributed by atoms with van der Waals surface area (Å²) in [7, 11) is 1.35. The average molecular weight is 251 g/mol. The molecule has 0 heterocycles. The van der Waals surface area contributed by atoms with Crippen molar-refractivity contribution in [1.29, 1.82) is 0 Å². The lowest BCUT2D eigenvalue weighted by Gasteiger charge is -2.12. The Morgan fingerprint density at radius 1 is 1.50 bits per heavy atom. The van der Waals surface area contributed by atoms with E-state index in [4.69, 9.17) is 5.73 Å². The van der Waals surface area contributed by atoms with Gasteiger partial charge in [0.15, 0.2) is 0 Å². The summed E-state index contributed by atoms with van der Waals surface area (Å²) < 4.78 is 17.5. The van der Waals surface area contributed by atoms with Gasteiger partial charge in [-0.1, -0.05) is 0 Å². The summed E-state index contributed by atoms with van der Waals surface area (Å²) in [5, 5.41) is 0. The van der Waals surface area contributed by atoms with Crippen LogP contribution in [0, 0.1) is 5.41 Å². The Morgan fingerprint density at radius 2 is 2.22 bits per heavy atom. The second kappa shape index (κ2) is 4.96. The first-order valence-corrected chi connectivity index (χ1v) is 6.13. The van der Waals surface area contributed by atoms with E-state index in [0.717, 1.165) is 24.8 Å². The predicted molar refractivity (Wildman–Crippen MR) is 68.2 cm³/mol. The van der Waals surface area contributed by atoms with Crippen LogP contribution in [0.3, 0.4) is 0 Å². The Balaban J connectivity index is 2.09. The molecule has 2 rings (SSSR count). The van der Waals surface area contributed by atoms with Crippen molar-refractivity contribution in [2.45, 2.75) is 25.7 Å². The number of ether oxygens (including phenoxy) is 1. The fraction of sp³-hybridized carbons (Fsp3) is 0.500. The number of rotatable bonds is 5. The van der Waals surface area contributed by atoms with Crippen molar-refractivity contribution in [1.82, 2.24) is 0 Å². The topological polar surface area (TPSA) is 52.3 Å². The van der Waals surface area contributed by atoms with Crippen molar-refractivity contribution in [2.75, 3.05) is 19.5 Å². The Kier molecular flexibility index (Phi) is 3.55. The second-order valence-corrected chi connectivity index (χ2v) is 5.04. The number of halogens is 1. The third-order valence-corrected chi connectivity index (χ3v) is 3.73. The summed E-state index contributed by atoms with van der Waals surface area (Å²) in [6.07, 6.45) is 3.42. The molecule has 4 heteroatoms. The lowest BCUT2D eigenvalue weighted by atomic mass is 9.96. The van der Waals surface area contributed by atoms with Gasteiger partial charge in [-0.25, -0.2) is 4.79 Å². The first kappa shape index (κ1) is 12.9. The van der Waals surface area contributed by atoms with Crippen molar-refractivity contribution in [2.24, 2.45) is 5.41 Å². The van der Waals surface area contributed by atoms with Crippen LogP contribution in [0.4, 0.5) is 10.1 Å². The quantitative estimate of drug-likeness (QED) is 0.646. The van der Waals surface area contributed by atoms with Crippen molar-refractivity contribution in [3.05, 3.63) is 29.3 Å². The highest BCUT2D eigenvalue weighted by atomic mass is 19.1. The van der Waals surface area contributed by atoms with E-state index in [1.807, 2.05) is 0 Å². The maximum Gasteiger partial charge on any atom is 0.337 e. The van der Waals surface area contributed by atoms with Gasteiger partial charge in [0.2, 0.25) is 0 Å². The van der Waals surface area contributed by atoms with E-state index in [0.29, 0.717) is 17.7 Å². The van der Waals surface area contributed by atoms with Crippen LogP contribution >= 0.6 is 0 Å². The number of carbonyl (C=O) groups is 1. The van der Waals surface area contributed by atoms with Gasteiger partial charge in [-0.3, -0.25) is 4.39 Å². The smallest absolute Gasteiger partial charge is 0.337 e. The van der Waals surface area contributed by atoms with Crippen LogP contribution in [0.2, 0.25) is 0 Å². The monoisotopic (exact) mass is 251 g/mol. The number of benzene rings is 1. The molecule has 98 valence electrons. The van der Waals surface area contributed by atoms with E-state index in [1.165, 1.54) is 7.11 Å². The van der Waals surface area contributed by atoms with Crippen LogP contribution in [0.15, 0.2) is 18.2 Å². The minimum Gasteiger partial charge on any atom is -0.465 e. The molecule has 1 aliphatic carbocycles. The van der Waals surface area contributed by atoms with Gasteiger partial charge >= 0.3 is 5.97 Å². The second-order valence-electron chi connectivity index (χ2n) is 5.04. The van der Waals surface area contributed by atoms with E-state index < -0.39 is 0 Å². The van der Waals surface area contributed by atoms with Gasteiger partial charge in [-0.15, -0.1) is 0 Å². The van der Waals surface area contributed by atoms with Gasteiger partial charge < -0.3 is 10.5 Å². The first-order chi connectivity index (χ1) is 8.60. The summed E-state index contributed by atoms with van der Waals surface area (Å²) >= 11 is 0. The Labute approximate surface area is 106 Å². The van der Waals surface area contributed by atoms with Crippen LogP contribution in [0.1, 0.15) is 35.2 Å². The fourth-order valence-corrected chi connectivity index (χ4v) is 2.09. The summed E-state index contributed by atoms with van der Waals surface area (Å²) in [6.45, 7) is -0.260. The maximum absolute atomic E-state index is 12.8. The van der Waals surface area contributed by atoms with Crippen molar-refractivity contribution in [3.63, 3.8) is 0 Å². The van der Waals surface area contributed by atoms with E-state index in [2.05, 4.69) is 4.74 Å². The Bertz CT molecular complexity index is 455. The number of nitrogens with two attached hydrogens (primary N) is 1. The molecule has 1 saturated carbocycles. The summed E-state index contributed by atoms with van der Waals surface area (Å²) in [4.78, 5) is 11.4. The number of esters is 1. The van der Waals surface area contributed by atoms with Crippen LogP contribution in [-0.4, -0.2) is 19.8 Å². The number of alkyl halides is 1. The molecule has 0 spiro atoms. The van der Waals surface area contributed by atoms with E-state index in [-0.39, 0.29) is 18.1 Å². The zero-order valence-corrected chi connectivity index (χ0v) is 10.5. The standard InChI is InChI=1S/C14H18FNO2/c1-18-13(17)11-2-3-12(16)10(8-11)4-5-14(9-15)6-7-14/h2-3,8H,4-7,9,16H2,1H3. The Hall–Kier alpha value is -1.58. The molecule has 18 heavy (non-hydrogen) atoms. The first-order valence-electron chi connectivity index (χ1n) is 6.13. The molecule has 0 aromatic heterocycles. The SMILES string of the molecule is COC(=O)c1ccc(N)c(CCC2(CF)CC2)c1. The molecule has 0 radical (unpaired) electrons. The van der Waals surface area contributed by atoms with Crippen LogP contribution in [-0.2, 0) is 11.2 Å². The molecule has 3 nitrogen and oxygen atoms in total. The summed E-state index contributed by atoms with van der Waals surface area (Å²) in [6, 6.07) is 5.10. The third kappa shape index (κ3) is 2.63. The summed E-state index contributed by atoms with van der Waals surface area (Å²) in [5.74, 6) is -0.372. The molecular formula is C14H18FNO2. The van der Waals surface area contributed by atoms with Crippen molar-refractivity contribution >= 4 is 11.7 Å². The largest absolute Gasteiger partial charge is 0.465 e. The third-order valence-electron chi connectivity index (χ3n) is 3.73. The van der Waals surface area contributed by atoms with Crippen molar-refractivity contribution < 1.29 is 13.9 Å². The van der Waals surface area contributed by atoms with Gasteiger partial charge in [-0.2, -0.15) is 0 Å². The number of aryl methyl sites for hydroxylation is 1. The zero-order valence-electron chi connectivity index (χ0n) is 10.5. The number of hydrogen-bond donors (Lipinski definition) is 1. The zero-order chi connectivity index (χ0) is 13.2. The molecule has 0 saturated heterocycles. The molecule has 0 unspecified atom stereocenters. The van der Waals surface area contributed by atoms with E-state index in [1.54, 1.807) is 18.2 Å². The predicted octanol–water partition coefficient (Wildman–Crippen LogP) is 2.74. The van der Waals surface area contributed by atoms with E-state index in [9.17, 15) is 9.18 Å². The molecule has 0 bridgehead atoms. The van der Waals surface area contributed by atoms with Crippen LogP contribution < -0.4 is 5.73 Å². The van der Waals surface area contributed by atoms with Crippen LogP contribution in [0.25, 0.3) is 0 Å². The molecule has 0 amide bonds. The molecule has 1 fully saturated rings. The Morgan fingerprint density at radius 3 is 2.78 bits per heavy atom. The van der Waals surface area contributed by atoms with E-state index >= 15 is 0 Å². The van der Waals surface area contributed by atoms with Crippen LogP contribution in [0.5, 0.6) is 0 Å². The minimum atomic E-state index is -0.372. The number of anilines is 1. The highest BCUT2D eigenvalue weighted by Gasteiger charge is 2.42. The van der Waals surface area contributed by atoms with Gasteiger partial charge in [0.1, 0.15) is 0 Å². The summed E-state index contributed by atoms with van der Waals surface area (Å²) in [5.41, 5.74) is 7.80. The molecule has 0 aliphatic heterocycles. The highest BCUT2D eigenvalue weighted by molar-refractivity contribution is 5.90. The normalized spacial score (nSPS) is 16.3. The molecule has 1 aromatic carbocycles. The number of hydrogen-bond acceptors (Lipinski definition) is 3. The molecule has 1 aliphatic rings. The van der Waals surface area contributed by atoms with Gasteiger partial charge in [0.05, 0.1) is 19.3 Å². The number of methoxy groups -OCH3 is 1.